The van der Waals surface area contributed by atoms with Gasteiger partial charge in [0.05, 0.1) is 22.0 Å². The van der Waals surface area contributed by atoms with Crippen molar-refractivity contribution in [2.75, 3.05) is 24.5 Å². The van der Waals surface area contributed by atoms with Crippen molar-refractivity contribution in [2.24, 2.45) is 0 Å². The summed E-state index contributed by atoms with van der Waals surface area (Å²) in [5.74, 6) is -2.46. The van der Waals surface area contributed by atoms with Crippen LogP contribution in [0, 0.1) is 16.8 Å². The molecule has 5 rings (SSSR count). The summed E-state index contributed by atoms with van der Waals surface area (Å²) in [7, 11) is 0. The van der Waals surface area contributed by atoms with Crippen molar-refractivity contribution in [3.8, 4) is 16.9 Å². The van der Waals surface area contributed by atoms with Crippen LogP contribution in [0.3, 0.4) is 0 Å². The summed E-state index contributed by atoms with van der Waals surface area (Å²) in [6.07, 6.45) is 2.64. The number of nitrogens with zero attached hydrogens (tertiary/aromatic N) is 7. The normalized spacial score (nSPS) is 15.5. The molecule has 1 saturated heterocycles. The molecule has 0 saturated carbocycles. The average Bonchev–Trinajstić information content (AvgIpc) is 2.97. The molecule has 0 spiro atoms. The number of carbonyl (C=O) groups excluding carboxylic acids is 1. The van der Waals surface area contributed by atoms with Crippen LogP contribution in [0.2, 0.25) is 5.02 Å². The lowest BCUT2D eigenvalue weighted by atomic mass is 10.0. The van der Waals surface area contributed by atoms with Gasteiger partial charge in [-0.1, -0.05) is 51.9 Å². The zero-order chi connectivity index (χ0) is 32.0. The Morgan fingerprint density at radius 2 is 1.75 bits per heavy atom. The lowest BCUT2D eigenvalue weighted by Gasteiger charge is -2.40. The number of rotatable bonds is 6. The zero-order valence-corrected chi connectivity index (χ0v) is 25.8. The number of aromatic nitrogens is 5. The van der Waals surface area contributed by atoms with Gasteiger partial charge in [0.25, 0.3) is 0 Å². The molecule has 0 N–H and O–H groups in total. The van der Waals surface area contributed by atoms with Crippen LogP contribution in [0.15, 0.2) is 48.0 Å². The van der Waals surface area contributed by atoms with Crippen molar-refractivity contribution in [1.82, 2.24) is 24.4 Å². The van der Waals surface area contributed by atoms with Crippen molar-refractivity contribution in [1.29, 1.82) is 0 Å². The predicted molar refractivity (Wildman–Crippen MR) is 164 cm³/mol. The molecule has 1 aliphatic heterocycles. The number of carbonyl (C=O) groups is 1. The second-order valence-corrected chi connectivity index (χ2v) is 11.8. The highest BCUT2D eigenvalue weighted by Crippen LogP contribution is 2.36. The molecule has 0 aliphatic carbocycles. The fraction of sp³-hybridized carbons (Fsp3) is 0.355. The molecule has 1 amide bonds. The van der Waals surface area contributed by atoms with Crippen LogP contribution in [0.4, 0.5) is 14.6 Å². The van der Waals surface area contributed by atoms with E-state index in [1.165, 1.54) is 24.5 Å². The standard InChI is InChI=1S/C31H32ClF2N7O3/c1-7-23(42)38-11-12-39(18(6)14-38)29-19-13-20(32)27(24-21(33)9-8-10-22(24)34)41(44)30(19)40(31(43)37-29)28-25(16(2)3)35-15-36-26(28)17(4)5/h7-10,13,15-18H,1,11-12,14H2,2-6H3/t18-/m0/s1. The Bertz CT molecular complexity index is 1810. The van der Waals surface area contributed by atoms with Gasteiger partial charge in [-0.25, -0.2) is 28.3 Å². The van der Waals surface area contributed by atoms with Crippen LogP contribution < -0.4 is 15.3 Å². The van der Waals surface area contributed by atoms with E-state index in [-0.39, 0.29) is 62.6 Å². The minimum atomic E-state index is -0.996. The first kappa shape index (κ1) is 31.0. The Balaban J connectivity index is 1.91. The largest absolute Gasteiger partial charge is 0.710 e. The molecule has 0 bridgehead atoms. The van der Waals surface area contributed by atoms with Gasteiger partial charge in [0.15, 0.2) is 17.2 Å². The van der Waals surface area contributed by atoms with Crippen LogP contribution in [0.25, 0.3) is 28.0 Å². The highest BCUT2D eigenvalue weighted by Gasteiger charge is 2.35. The predicted octanol–water partition coefficient (Wildman–Crippen LogP) is 4.88. The summed E-state index contributed by atoms with van der Waals surface area (Å²) in [6, 6.07) is 4.30. The molecule has 230 valence electrons. The summed E-state index contributed by atoms with van der Waals surface area (Å²) in [4.78, 5) is 43.2. The molecule has 13 heteroatoms. The van der Waals surface area contributed by atoms with Crippen LogP contribution in [0.5, 0.6) is 0 Å². The van der Waals surface area contributed by atoms with Gasteiger partial charge in [-0.3, -0.25) is 4.79 Å². The fourth-order valence-electron chi connectivity index (χ4n) is 5.69. The molecule has 4 heterocycles. The number of fused-ring (bicyclic) bond motifs is 1. The topological polar surface area (TPSA) is 111 Å². The number of anilines is 1. The van der Waals surface area contributed by atoms with Crippen molar-refractivity contribution >= 4 is 34.4 Å². The van der Waals surface area contributed by atoms with Crippen molar-refractivity contribution < 1.29 is 18.3 Å². The molecule has 10 nitrogen and oxygen atoms in total. The van der Waals surface area contributed by atoms with Crippen LogP contribution >= 0.6 is 11.6 Å². The van der Waals surface area contributed by atoms with E-state index in [0.29, 0.717) is 24.5 Å². The minimum absolute atomic E-state index is 0.153. The number of pyridine rings is 1. The number of halogens is 3. The first-order valence-corrected chi connectivity index (χ1v) is 14.6. The monoisotopic (exact) mass is 623 g/mol. The third-order valence-electron chi connectivity index (χ3n) is 7.76. The number of amides is 1. The van der Waals surface area contributed by atoms with Crippen LogP contribution in [0.1, 0.15) is 57.8 Å². The Kier molecular flexibility index (Phi) is 8.39. The molecule has 1 aromatic carbocycles. The summed E-state index contributed by atoms with van der Waals surface area (Å²) in [5, 5.41) is 14.4. The van der Waals surface area contributed by atoms with E-state index in [4.69, 9.17) is 11.6 Å². The summed E-state index contributed by atoms with van der Waals surface area (Å²) in [6.45, 7) is 13.9. The maximum atomic E-state index is 15.1. The van der Waals surface area contributed by atoms with E-state index in [2.05, 4.69) is 21.5 Å². The Morgan fingerprint density at radius 3 is 2.30 bits per heavy atom. The molecule has 3 aromatic heterocycles. The van der Waals surface area contributed by atoms with Crippen molar-refractivity contribution in [2.45, 2.75) is 52.5 Å². The molecular formula is C31H32ClF2N7O3. The maximum absolute atomic E-state index is 15.1. The molecule has 1 fully saturated rings. The minimum Gasteiger partial charge on any atom is -0.710 e. The van der Waals surface area contributed by atoms with Gasteiger partial charge in [0.1, 0.15) is 23.3 Å². The van der Waals surface area contributed by atoms with Gasteiger partial charge in [0.2, 0.25) is 5.91 Å². The smallest absolute Gasteiger partial charge is 0.442 e. The summed E-state index contributed by atoms with van der Waals surface area (Å²) >= 11 is 6.64. The van der Waals surface area contributed by atoms with Crippen LogP contribution in [-0.4, -0.2) is 56.0 Å². The van der Waals surface area contributed by atoms with E-state index < -0.39 is 28.6 Å². The molecular weight excluding hydrogens is 592 g/mol. The Labute approximate surface area is 257 Å². The molecule has 0 unspecified atom stereocenters. The number of benzene rings is 1. The molecule has 44 heavy (non-hydrogen) atoms. The highest BCUT2D eigenvalue weighted by molar-refractivity contribution is 6.33. The Morgan fingerprint density at radius 1 is 1.14 bits per heavy atom. The SMILES string of the molecule is C=CC(=O)N1CCN(c2nc(=O)n(-c3c(C(C)C)ncnc3C(C)C)c3c2cc(Cl)c(-c2c(F)cccc2F)[n+]3[O-])[C@@H](C)C1. The fourth-order valence-corrected chi connectivity index (χ4v) is 5.97. The Hall–Kier alpha value is -4.45. The van der Waals surface area contributed by atoms with E-state index in [1.807, 2.05) is 39.5 Å². The highest BCUT2D eigenvalue weighted by atomic mass is 35.5. The zero-order valence-electron chi connectivity index (χ0n) is 25.0. The lowest BCUT2D eigenvalue weighted by molar-refractivity contribution is -0.568. The summed E-state index contributed by atoms with van der Waals surface area (Å²) < 4.78 is 31.6. The van der Waals surface area contributed by atoms with Gasteiger partial charge in [-0.2, -0.15) is 4.98 Å². The summed E-state index contributed by atoms with van der Waals surface area (Å²) in [5.41, 5.74) is -0.932. The van der Waals surface area contributed by atoms with E-state index >= 15 is 8.78 Å². The van der Waals surface area contributed by atoms with E-state index in [1.54, 1.807) is 4.90 Å². The van der Waals surface area contributed by atoms with Crippen molar-refractivity contribution in [3.05, 3.63) is 87.0 Å². The van der Waals surface area contributed by atoms with Gasteiger partial charge in [-0.05, 0) is 43.0 Å². The number of hydrogen-bond acceptors (Lipinski definition) is 7. The second-order valence-electron chi connectivity index (χ2n) is 11.4. The molecule has 1 aliphatic rings. The lowest BCUT2D eigenvalue weighted by Crippen LogP contribution is -2.54. The third kappa shape index (κ3) is 5.17. The van der Waals surface area contributed by atoms with Crippen LogP contribution in [-0.2, 0) is 4.79 Å². The third-order valence-corrected chi connectivity index (χ3v) is 8.05. The molecule has 1 atom stereocenters. The molecule has 0 radical (unpaired) electrons. The maximum Gasteiger partial charge on any atom is 0.442 e. The van der Waals surface area contributed by atoms with Gasteiger partial charge >= 0.3 is 11.3 Å². The van der Waals surface area contributed by atoms with Crippen molar-refractivity contribution in [3.63, 3.8) is 0 Å². The quantitative estimate of drug-likeness (QED) is 0.171. The van der Waals surface area contributed by atoms with E-state index in [9.17, 15) is 14.8 Å². The van der Waals surface area contributed by atoms with Gasteiger partial charge in [-0.15, -0.1) is 4.57 Å². The molecule has 4 aromatic rings. The first-order valence-electron chi connectivity index (χ1n) is 14.2. The first-order chi connectivity index (χ1) is 20.9. The van der Waals surface area contributed by atoms with Gasteiger partial charge in [0, 0.05) is 25.7 Å². The van der Waals surface area contributed by atoms with E-state index in [0.717, 1.165) is 16.7 Å². The average molecular weight is 624 g/mol. The number of piperazine rings is 1. The second kappa shape index (κ2) is 11.9. The number of hydrogen-bond donors (Lipinski definition) is 0. The van der Waals surface area contributed by atoms with Gasteiger partial charge < -0.3 is 15.0 Å².